The highest BCUT2D eigenvalue weighted by atomic mass is 16.3. The number of pyridine rings is 1. The molecule has 0 spiro atoms. The highest BCUT2D eigenvalue weighted by Crippen LogP contribution is 2.17. The number of nitrogen functional groups attached to an aromatic ring is 1. The fourth-order valence-corrected chi connectivity index (χ4v) is 1.31. The second-order valence-electron chi connectivity index (χ2n) is 3.26. The van der Waals surface area contributed by atoms with E-state index in [1.165, 1.54) is 6.20 Å². The Bertz CT molecular complexity index is 341. The van der Waals surface area contributed by atoms with Crippen LogP contribution < -0.4 is 11.1 Å². The number of hydrogen-bond acceptors (Lipinski definition) is 5. The quantitative estimate of drug-likeness (QED) is 0.599. The number of carbonyl (C=O) groups excluding carboxylic acids is 1. The first kappa shape index (κ1) is 11.6. The third-order valence-electron chi connectivity index (χ3n) is 2.08. The SMILES string of the molecule is CC(NCCO)c1ncc(C=O)cc1N. The predicted molar refractivity (Wildman–Crippen MR) is 57.5 cm³/mol. The maximum atomic E-state index is 10.5. The van der Waals surface area contributed by atoms with Gasteiger partial charge in [-0.05, 0) is 13.0 Å². The number of carbonyl (C=O) groups is 1. The molecule has 0 aliphatic rings. The maximum absolute atomic E-state index is 10.5. The number of nitrogens with two attached hydrogens (primary N) is 1. The van der Waals surface area contributed by atoms with E-state index in [4.69, 9.17) is 10.8 Å². The number of anilines is 1. The highest BCUT2D eigenvalue weighted by Gasteiger charge is 2.10. The average Bonchev–Trinajstić information content (AvgIpc) is 2.25. The lowest BCUT2D eigenvalue weighted by molar-refractivity contribution is 0.112. The van der Waals surface area contributed by atoms with E-state index < -0.39 is 0 Å². The second-order valence-corrected chi connectivity index (χ2v) is 3.26. The molecule has 1 aromatic rings. The van der Waals surface area contributed by atoms with Gasteiger partial charge in [0, 0.05) is 24.3 Å². The molecule has 0 radical (unpaired) electrons. The summed E-state index contributed by atoms with van der Waals surface area (Å²) in [6.07, 6.45) is 2.19. The number of aromatic nitrogens is 1. The lowest BCUT2D eigenvalue weighted by atomic mass is 10.1. The summed E-state index contributed by atoms with van der Waals surface area (Å²) in [7, 11) is 0. The van der Waals surface area contributed by atoms with Gasteiger partial charge in [0.15, 0.2) is 6.29 Å². The molecule has 1 heterocycles. The van der Waals surface area contributed by atoms with Crippen LogP contribution in [-0.4, -0.2) is 29.5 Å². The van der Waals surface area contributed by atoms with Crippen molar-refractivity contribution < 1.29 is 9.90 Å². The molecule has 1 rings (SSSR count). The molecule has 0 aromatic carbocycles. The first-order valence-corrected chi connectivity index (χ1v) is 4.74. The summed E-state index contributed by atoms with van der Waals surface area (Å²) in [5.41, 5.74) is 7.38. The van der Waals surface area contributed by atoms with Crippen molar-refractivity contribution in [1.82, 2.24) is 10.3 Å². The summed E-state index contributed by atoms with van der Waals surface area (Å²) in [5.74, 6) is 0. The lowest BCUT2D eigenvalue weighted by Crippen LogP contribution is -2.23. The standard InChI is InChI=1S/C10H15N3O2/c1-7(12-2-3-14)10-9(11)4-8(6-15)5-13-10/h4-7,12,14H,2-3,11H2,1H3. The topological polar surface area (TPSA) is 88.2 Å². The van der Waals surface area contributed by atoms with Crippen LogP contribution in [0.4, 0.5) is 5.69 Å². The third kappa shape index (κ3) is 3.00. The van der Waals surface area contributed by atoms with Gasteiger partial charge in [-0.1, -0.05) is 0 Å². The van der Waals surface area contributed by atoms with Crippen molar-refractivity contribution in [3.63, 3.8) is 0 Å². The van der Waals surface area contributed by atoms with E-state index in [-0.39, 0.29) is 12.6 Å². The van der Waals surface area contributed by atoms with Gasteiger partial charge >= 0.3 is 0 Å². The zero-order valence-electron chi connectivity index (χ0n) is 8.60. The van der Waals surface area contributed by atoms with Gasteiger partial charge in [-0.2, -0.15) is 0 Å². The van der Waals surface area contributed by atoms with E-state index in [0.29, 0.717) is 29.8 Å². The van der Waals surface area contributed by atoms with E-state index in [2.05, 4.69) is 10.3 Å². The van der Waals surface area contributed by atoms with Crippen LogP contribution in [0.5, 0.6) is 0 Å². The number of hydrogen-bond donors (Lipinski definition) is 3. The van der Waals surface area contributed by atoms with Gasteiger partial charge in [0.25, 0.3) is 0 Å². The Kier molecular flexibility index (Phi) is 4.20. The molecule has 4 N–H and O–H groups in total. The fourth-order valence-electron chi connectivity index (χ4n) is 1.31. The number of aliphatic hydroxyl groups is 1. The summed E-state index contributed by atoms with van der Waals surface area (Å²) < 4.78 is 0. The minimum Gasteiger partial charge on any atom is -0.397 e. The van der Waals surface area contributed by atoms with Crippen molar-refractivity contribution in [3.05, 3.63) is 23.5 Å². The normalized spacial score (nSPS) is 12.4. The average molecular weight is 209 g/mol. The Balaban J connectivity index is 2.80. The molecule has 5 heteroatoms. The fraction of sp³-hybridized carbons (Fsp3) is 0.400. The number of aliphatic hydroxyl groups excluding tert-OH is 1. The van der Waals surface area contributed by atoms with Crippen LogP contribution in [-0.2, 0) is 0 Å². The Labute approximate surface area is 88.3 Å². The monoisotopic (exact) mass is 209 g/mol. The number of rotatable bonds is 5. The Morgan fingerprint density at radius 3 is 3.00 bits per heavy atom. The molecule has 0 aliphatic carbocycles. The van der Waals surface area contributed by atoms with E-state index in [9.17, 15) is 4.79 Å². The molecule has 1 unspecified atom stereocenters. The van der Waals surface area contributed by atoms with Crippen molar-refractivity contribution in [2.24, 2.45) is 0 Å². The minimum atomic E-state index is -0.0437. The van der Waals surface area contributed by atoms with Crippen molar-refractivity contribution in [2.45, 2.75) is 13.0 Å². The Morgan fingerprint density at radius 2 is 2.47 bits per heavy atom. The van der Waals surface area contributed by atoms with Gasteiger partial charge in [-0.25, -0.2) is 0 Å². The van der Waals surface area contributed by atoms with Gasteiger partial charge in [-0.15, -0.1) is 0 Å². The number of aldehydes is 1. The van der Waals surface area contributed by atoms with Crippen LogP contribution in [0.3, 0.4) is 0 Å². The molecule has 82 valence electrons. The zero-order chi connectivity index (χ0) is 11.3. The van der Waals surface area contributed by atoms with Gasteiger partial charge < -0.3 is 16.2 Å². The molecular weight excluding hydrogens is 194 g/mol. The van der Waals surface area contributed by atoms with Crippen molar-refractivity contribution in [1.29, 1.82) is 0 Å². The van der Waals surface area contributed by atoms with E-state index in [0.717, 1.165) is 0 Å². The van der Waals surface area contributed by atoms with Crippen molar-refractivity contribution >= 4 is 12.0 Å². The first-order valence-electron chi connectivity index (χ1n) is 4.74. The van der Waals surface area contributed by atoms with Gasteiger partial charge in [0.2, 0.25) is 0 Å². The summed E-state index contributed by atoms with van der Waals surface area (Å²) in [6.45, 7) is 2.45. The van der Waals surface area contributed by atoms with Crippen molar-refractivity contribution in [3.8, 4) is 0 Å². The summed E-state index contributed by atoms with van der Waals surface area (Å²) in [6, 6.07) is 1.55. The van der Waals surface area contributed by atoms with Crippen LogP contribution in [0.15, 0.2) is 12.3 Å². The molecule has 5 nitrogen and oxygen atoms in total. The second kappa shape index (κ2) is 5.43. The zero-order valence-corrected chi connectivity index (χ0v) is 8.60. The van der Waals surface area contributed by atoms with E-state index >= 15 is 0 Å². The minimum absolute atomic E-state index is 0.0437. The highest BCUT2D eigenvalue weighted by molar-refractivity contribution is 5.76. The molecular formula is C10H15N3O2. The lowest BCUT2D eigenvalue weighted by Gasteiger charge is -2.14. The molecule has 15 heavy (non-hydrogen) atoms. The van der Waals surface area contributed by atoms with Crippen LogP contribution in [0, 0.1) is 0 Å². The number of nitrogens with one attached hydrogen (secondary N) is 1. The Hall–Kier alpha value is -1.46. The molecule has 0 bridgehead atoms. The third-order valence-corrected chi connectivity index (χ3v) is 2.08. The number of nitrogens with zero attached hydrogens (tertiary/aromatic N) is 1. The van der Waals surface area contributed by atoms with Crippen molar-refractivity contribution in [2.75, 3.05) is 18.9 Å². The molecule has 0 fully saturated rings. The molecule has 0 amide bonds. The first-order chi connectivity index (χ1) is 7.19. The summed E-state index contributed by atoms with van der Waals surface area (Å²) in [5, 5.41) is 11.7. The molecule has 0 saturated heterocycles. The Morgan fingerprint density at radius 1 is 1.73 bits per heavy atom. The predicted octanol–water partition coefficient (Wildman–Crippen LogP) is 0.119. The van der Waals surface area contributed by atoms with Gasteiger partial charge in [0.05, 0.1) is 18.0 Å². The summed E-state index contributed by atoms with van der Waals surface area (Å²) in [4.78, 5) is 14.6. The van der Waals surface area contributed by atoms with E-state index in [1.807, 2.05) is 6.92 Å². The van der Waals surface area contributed by atoms with Gasteiger partial charge in [0.1, 0.15) is 0 Å². The van der Waals surface area contributed by atoms with Crippen LogP contribution in [0.1, 0.15) is 29.0 Å². The van der Waals surface area contributed by atoms with Gasteiger partial charge in [-0.3, -0.25) is 9.78 Å². The largest absolute Gasteiger partial charge is 0.397 e. The van der Waals surface area contributed by atoms with E-state index in [1.54, 1.807) is 6.07 Å². The maximum Gasteiger partial charge on any atom is 0.151 e. The molecule has 1 atom stereocenters. The molecule has 1 aromatic heterocycles. The summed E-state index contributed by atoms with van der Waals surface area (Å²) >= 11 is 0. The molecule has 0 saturated carbocycles. The smallest absolute Gasteiger partial charge is 0.151 e. The molecule has 0 aliphatic heterocycles. The van der Waals surface area contributed by atoms with Crippen LogP contribution in [0.25, 0.3) is 0 Å². The van der Waals surface area contributed by atoms with Crippen LogP contribution >= 0.6 is 0 Å². The van der Waals surface area contributed by atoms with Crippen LogP contribution in [0.2, 0.25) is 0 Å².